The summed E-state index contributed by atoms with van der Waals surface area (Å²) in [6.07, 6.45) is 2.11. The molecular weight excluding hydrogens is 204 g/mol. The second-order valence-corrected chi connectivity index (χ2v) is 3.99. The Labute approximate surface area is 81.5 Å². The SMILES string of the molecule is C/C(=C\CCl)CC(Cl)(Cl)C#N. The number of nitriles is 1. The van der Waals surface area contributed by atoms with Gasteiger partial charge in [0.15, 0.2) is 0 Å². The van der Waals surface area contributed by atoms with E-state index in [9.17, 15) is 0 Å². The summed E-state index contributed by atoms with van der Waals surface area (Å²) in [7, 11) is 0. The fourth-order valence-corrected chi connectivity index (χ4v) is 1.28. The number of alkyl halides is 3. The molecule has 0 saturated carbocycles. The number of halogens is 3. The Morgan fingerprint density at radius 3 is 2.55 bits per heavy atom. The van der Waals surface area contributed by atoms with E-state index in [-0.39, 0.29) is 0 Å². The highest BCUT2D eigenvalue weighted by Gasteiger charge is 2.22. The first kappa shape index (κ1) is 11.1. The first-order valence-electron chi connectivity index (χ1n) is 3.02. The molecule has 0 rings (SSSR count). The summed E-state index contributed by atoms with van der Waals surface area (Å²) in [4.78, 5) is 0. The number of allylic oxidation sites excluding steroid dienone is 2. The normalized spacial score (nSPS) is 12.8. The molecule has 0 aromatic rings. The van der Waals surface area contributed by atoms with Gasteiger partial charge in [-0.25, -0.2) is 0 Å². The fourth-order valence-electron chi connectivity index (χ4n) is 0.594. The summed E-state index contributed by atoms with van der Waals surface area (Å²) >= 11 is 16.6. The molecule has 0 heterocycles. The van der Waals surface area contributed by atoms with Gasteiger partial charge in [0.25, 0.3) is 0 Å². The first-order chi connectivity index (χ1) is 5.02. The van der Waals surface area contributed by atoms with Gasteiger partial charge in [-0.1, -0.05) is 34.9 Å². The van der Waals surface area contributed by atoms with Gasteiger partial charge in [0, 0.05) is 12.3 Å². The number of hydrogen-bond acceptors (Lipinski definition) is 1. The molecule has 0 atom stereocenters. The standard InChI is InChI=1S/C7H8Cl3N/c1-6(2-3-8)4-7(9,10)5-11/h2H,3-4H2,1H3/b6-2+. The molecule has 4 heteroatoms. The van der Waals surface area contributed by atoms with Crippen molar-refractivity contribution in [3.63, 3.8) is 0 Å². The molecule has 1 nitrogen and oxygen atoms in total. The van der Waals surface area contributed by atoms with Crippen LogP contribution in [0.25, 0.3) is 0 Å². The van der Waals surface area contributed by atoms with Crippen molar-refractivity contribution in [2.75, 3.05) is 5.88 Å². The van der Waals surface area contributed by atoms with E-state index >= 15 is 0 Å². The molecule has 0 aliphatic rings. The lowest BCUT2D eigenvalue weighted by Crippen LogP contribution is -2.09. The van der Waals surface area contributed by atoms with Crippen molar-refractivity contribution in [3.05, 3.63) is 11.6 Å². The van der Waals surface area contributed by atoms with Gasteiger partial charge in [-0.15, -0.1) is 11.6 Å². The Balaban J connectivity index is 4.06. The van der Waals surface area contributed by atoms with E-state index in [2.05, 4.69) is 0 Å². The predicted octanol–water partition coefficient (Wildman–Crippen LogP) is 3.26. The zero-order valence-electron chi connectivity index (χ0n) is 6.07. The first-order valence-corrected chi connectivity index (χ1v) is 4.31. The molecule has 0 aromatic carbocycles. The van der Waals surface area contributed by atoms with Gasteiger partial charge in [0.1, 0.15) is 6.07 Å². The average molecular weight is 213 g/mol. The van der Waals surface area contributed by atoms with Crippen LogP contribution in [0.2, 0.25) is 0 Å². The molecule has 0 radical (unpaired) electrons. The van der Waals surface area contributed by atoms with Crippen LogP contribution >= 0.6 is 34.8 Å². The largest absolute Gasteiger partial charge is 0.206 e. The predicted molar refractivity (Wildman–Crippen MR) is 49.1 cm³/mol. The zero-order chi connectivity index (χ0) is 8.91. The summed E-state index contributed by atoms with van der Waals surface area (Å²) in [6.45, 7) is 1.83. The Bertz CT molecular complexity index is 190. The lowest BCUT2D eigenvalue weighted by molar-refractivity contribution is 0.925. The topological polar surface area (TPSA) is 23.8 Å². The second-order valence-electron chi connectivity index (χ2n) is 2.20. The number of hydrogen-bond donors (Lipinski definition) is 0. The molecule has 0 N–H and O–H groups in total. The summed E-state index contributed by atoms with van der Waals surface area (Å²) in [6, 6.07) is 1.78. The number of rotatable bonds is 3. The second kappa shape index (κ2) is 4.87. The van der Waals surface area contributed by atoms with Crippen LogP contribution in [0.15, 0.2) is 11.6 Å². The molecule has 62 valence electrons. The quantitative estimate of drug-likeness (QED) is 0.520. The lowest BCUT2D eigenvalue weighted by Gasteiger charge is -2.09. The Morgan fingerprint density at radius 1 is 1.64 bits per heavy atom. The van der Waals surface area contributed by atoms with E-state index < -0.39 is 4.33 Å². The van der Waals surface area contributed by atoms with E-state index in [1.165, 1.54) is 0 Å². The van der Waals surface area contributed by atoms with E-state index in [4.69, 9.17) is 40.1 Å². The maximum absolute atomic E-state index is 8.44. The van der Waals surface area contributed by atoms with E-state index in [1.54, 1.807) is 12.1 Å². The van der Waals surface area contributed by atoms with Crippen molar-refractivity contribution in [1.82, 2.24) is 0 Å². The van der Waals surface area contributed by atoms with Crippen molar-refractivity contribution in [3.8, 4) is 6.07 Å². The minimum Gasteiger partial charge on any atom is -0.195 e. The van der Waals surface area contributed by atoms with Crippen molar-refractivity contribution in [1.29, 1.82) is 5.26 Å². The van der Waals surface area contributed by atoms with Crippen LogP contribution in [0.4, 0.5) is 0 Å². The molecule has 0 unspecified atom stereocenters. The number of nitrogens with zero attached hydrogens (tertiary/aromatic N) is 1. The third-order valence-corrected chi connectivity index (χ3v) is 1.68. The molecule has 0 aromatic heterocycles. The molecule has 0 fully saturated rings. The third kappa shape index (κ3) is 5.38. The summed E-state index contributed by atoms with van der Waals surface area (Å²) in [5, 5.41) is 8.44. The summed E-state index contributed by atoms with van der Waals surface area (Å²) in [5.41, 5.74) is 0.923. The Hall–Kier alpha value is 0.1000. The van der Waals surface area contributed by atoms with Crippen LogP contribution in [-0.2, 0) is 0 Å². The van der Waals surface area contributed by atoms with Crippen LogP contribution in [0.3, 0.4) is 0 Å². The monoisotopic (exact) mass is 211 g/mol. The maximum Gasteiger partial charge on any atom is 0.206 e. The van der Waals surface area contributed by atoms with E-state index in [0.717, 1.165) is 5.57 Å². The van der Waals surface area contributed by atoms with E-state index in [0.29, 0.717) is 12.3 Å². The Morgan fingerprint density at radius 2 is 2.18 bits per heavy atom. The minimum absolute atomic E-state index is 0.333. The summed E-state index contributed by atoms with van der Waals surface area (Å²) in [5.74, 6) is 0.418. The minimum atomic E-state index is -1.31. The van der Waals surface area contributed by atoms with Crippen molar-refractivity contribution in [2.45, 2.75) is 17.7 Å². The van der Waals surface area contributed by atoms with Crippen LogP contribution in [-0.4, -0.2) is 10.2 Å². The molecule has 0 amide bonds. The molecular formula is C7H8Cl3N. The maximum atomic E-state index is 8.44. The average Bonchev–Trinajstić information content (AvgIpc) is 1.87. The van der Waals surface area contributed by atoms with Crippen LogP contribution in [0, 0.1) is 11.3 Å². The fraction of sp³-hybridized carbons (Fsp3) is 0.571. The van der Waals surface area contributed by atoms with Gasteiger partial charge in [0.2, 0.25) is 4.33 Å². The van der Waals surface area contributed by atoms with Crippen LogP contribution in [0.1, 0.15) is 13.3 Å². The molecule has 0 spiro atoms. The van der Waals surface area contributed by atoms with Crippen molar-refractivity contribution < 1.29 is 0 Å². The van der Waals surface area contributed by atoms with Crippen molar-refractivity contribution in [2.24, 2.45) is 0 Å². The Kier molecular flexibility index (Phi) is 4.92. The highest BCUT2D eigenvalue weighted by atomic mass is 35.5. The van der Waals surface area contributed by atoms with Gasteiger partial charge in [-0.3, -0.25) is 0 Å². The smallest absolute Gasteiger partial charge is 0.195 e. The van der Waals surface area contributed by atoms with E-state index in [1.807, 2.05) is 6.92 Å². The molecule has 0 saturated heterocycles. The van der Waals surface area contributed by atoms with Gasteiger partial charge >= 0.3 is 0 Å². The molecule has 0 bridgehead atoms. The third-order valence-electron chi connectivity index (χ3n) is 1.09. The van der Waals surface area contributed by atoms with Gasteiger partial charge in [-0.05, 0) is 6.92 Å². The molecule has 0 aliphatic carbocycles. The van der Waals surface area contributed by atoms with Gasteiger partial charge in [-0.2, -0.15) is 5.26 Å². The highest BCUT2D eigenvalue weighted by molar-refractivity contribution is 6.50. The van der Waals surface area contributed by atoms with Gasteiger partial charge < -0.3 is 0 Å². The van der Waals surface area contributed by atoms with Crippen LogP contribution in [0.5, 0.6) is 0 Å². The van der Waals surface area contributed by atoms with Crippen molar-refractivity contribution >= 4 is 34.8 Å². The molecule has 11 heavy (non-hydrogen) atoms. The molecule has 0 aliphatic heterocycles. The summed E-state index contributed by atoms with van der Waals surface area (Å²) < 4.78 is -1.31. The zero-order valence-corrected chi connectivity index (χ0v) is 8.34. The van der Waals surface area contributed by atoms with Gasteiger partial charge in [0.05, 0.1) is 0 Å². The highest BCUT2D eigenvalue weighted by Crippen LogP contribution is 2.27. The lowest BCUT2D eigenvalue weighted by atomic mass is 10.1. The van der Waals surface area contributed by atoms with Crippen LogP contribution < -0.4 is 0 Å².